The average molecular weight is 363 g/mol. The molecule has 1 aliphatic rings. The maximum absolute atomic E-state index is 12.9. The molecule has 1 N–H and O–H groups in total. The van der Waals surface area contributed by atoms with Crippen LogP contribution in [0.1, 0.15) is 47.3 Å². The first-order valence-electron chi connectivity index (χ1n) is 8.01. The number of hydrogen-bond donors (Lipinski definition) is 1. The standard InChI is InChI=1S/C17H19ClN4O3/c1-9(2)12-5-4-11(6-13(12)18)16(23)22-8-15-20-19-10(3)21(15)7-14(22)17(24)25/h4-6,9,14H,7-8H2,1-3H3,(H,24,25). The van der Waals surface area contributed by atoms with Crippen LogP contribution in [0.5, 0.6) is 0 Å². The highest BCUT2D eigenvalue weighted by molar-refractivity contribution is 6.31. The number of carboxylic acids is 1. The molecule has 0 aliphatic carbocycles. The van der Waals surface area contributed by atoms with E-state index in [9.17, 15) is 14.7 Å². The second kappa shape index (κ2) is 6.48. The van der Waals surface area contributed by atoms with E-state index in [0.717, 1.165) is 5.56 Å². The van der Waals surface area contributed by atoms with Gasteiger partial charge >= 0.3 is 5.97 Å². The molecule has 0 fully saturated rings. The van der Waals surface area contributed by atoms with E-state index in [2.05, 4.69) is 10.2 Å². The van der Waals surface area contributed by atoms with E-state index in [4.69, 9.17) is 11.6 Å². The Balaban J connectivity index is 1.95. The van der Waals surface area contributed by atoms with Crippen molar-refractivity contribution in [1.29, 1.82) is 0 Å². The van der Waals surface area contributed by atoms with Crippen molar-refractivity contribution in [2.45, 2.75) is 45.8 Å². The second-order valence-corrected chi connectivity index (χ2v) is 6.86. The van der Waals surface area contributed by atoms with Gasteiger partial charge in [0.1, 0.15) is 11.9 Å². The van der Waals surface area contributed by atoms with Crippen LogP contribution in [0.25, 0.3) is 0 Å². The molecular formula is C17H19ClN4O3. The number of halogens is 1. The molecule has 1 aromatic carbocycles. The third-order valence-electron chi connectivity index (χ3n) is 4.47. The maximum atomic E-state index is 12.9. The van der Waals surface area contributed by atoms with Crippen LogP contribution in [0.15, 0.2) is 18.2 Å². The molecule has 1 aromatic heterocycles. The number of aliphatic carboxylic acids is 1. The van der Waals surface area contributed by atoms with Gasteiger partial charge in [0.25, 0.3) is 5.91 Å². The van der Waals surface area contributed by atoms with Crippen molar-refractivity contribution in [1.82, 2.24) is 19.7 Å². The summed E-state index contributed by atoms with van der Waals surface area (Å²) in [5, 5.41) is 18.1. The molecule has 0 saturated heterocycles. The van der Waals surface area contributed by atoms with Gasteiger partial charge in [0.2, 0.25) is 0 Å². The number of benzene rings is 1. The number of amides is 1. The second-order valence-electron chi connectivity index (χ2n) is 6.45. The molecule has 0 bridgehead atoms. The van der Waals surface area contributed by atoms with E-state index >= 15 is 0 Å². The molecule has 1 unspecified atom stereocenters. The average Bonchev–Trinajstić information content (AvgIpc) is 2.93. The highest BCUT2D eigenvalue weighted by Gasteiger charge is 2.36. The predicted octanol–water partition coefficient (Wildman–Crippen LogP) is 2.47. The highest BCUT2D eigenvalue weighted by atomic mass is 35.5. The summed E-state index contributed by atoms with van der Waals surface area (Å²) in [4.78, 5) is 25.9. The van der Waals surface area contributed by atoms with Gasteiger partial charge in [-0.1, -0.05) is 31.5 Å². The minimum atomic E-state index is -1.06. The number of aromatic nitrogens is 3. The fourth-order valence-electron chi connectivity index (χ4n) is 3.03. The van der Waals surface area contributed by atoms with Gasteiger partial charge in [-0.05, 0) is 30.5 Å². The van der Waals surface area contributed by atoms with Crippen molar-refractivity contribution in [2.24, 2.45) is 0 Å². The molecular weight excluding hydrogens is 344 g/mol. The Kier molecular flexibility index (Phi) is 4.51. The van der Waals surface area contributed by atoms with E-state index in [1.165, 1.54) is 4.90 Å². The summed E-state index contributed by atoms with van der Waals surface area (Å²) < 4.78 is 1.73. The Labute approximate surface area is 150 Å². The molecule has 2 heterocycles. The smallest absolute Gasteiger partial charge is 0.328 e. The molecule has 1 amide bonds. The van der Waals surface area contributed by atoms with E-state index in [1.54, 1.807) is 23.6 Å². The van der Waals surface area contributed by atoms with E-state index in [0.29, 0.717) is 22.2 Å². The number of rotatable bonds is 3. The molecule has 0 spiro atoms. The largest absolute Gasteiger partial charge is 0.480 e. The van der Waals surface area contributed by atoms with Crippen molar-refractivity contribution < 1.29 is 14.7 Å². The first-order chi connectivity index (χ1) is 11.8. The van der Waals surface area contributed by atoms with E-state index in [-0.39, 0.29) is 24.9 Å². The molecule has 0 saturated carbocycles. The quantitative estimate of drug-likeness (QED) is 0.906. The van der Waals surface area contributed by atoms with Crippen molar-refractivity contribution in [3.63, 3.8) is 0 Å². The molecule has 2 aromatic rings. The number of nitrogens with zero attached hydrogens (tertiary/aromatic N) is 4. The summed E-state index contributed by atoms with van der Waals surface area (Å²) in [5.74, 6) is 0.0133. The monoisotopic (exact) mass is 362 g/mol. The summed E-state index contributed by atoms with van der Waals surface area (Å²) in [6, 6.07) is 4.13. The van der Waals surface area contributed by atoms with Gasteiger partial charge in [-0.25, -0.2) is 4.79 Å². The van der Waals surface area contributed by atoms with Crippen LogP contribution >= 0.6 is 11.6 Å². The summed E-state index contributed by atoms with van der Waals surface area (Å²) in [7, 11) is 0. The molecule has 0 radical (unpaired) electrons. The van der Waals surface area contributed by atoms with Crippen molar-refractivity contribution in [3.8, 4) is 0 Å². The normalized spacial score (nSPS) is 16.8. The fourth-order valence-corrected chi connectivity index (χ4v) is 3.43. The zero-order valence-corrected chi connectivity index (χ0v) is 15.0. The van der Waals surface area contributed by atoms with Crippen LogP contribution < -0.4 is 0 Å². The Morgan fingerprint density at radius 3 is 2.64 bits per heavy atom. The minimum Gasteiger partial charge on any atom is -0.480 e. The topological polar surface area (TPSA) is 88.3 Å². The van der Waals surface area contributed by atoms with Gasteiger partial charge < -0.3 is 14.6 Å². The lowest BCUT2D eigenvalue weighted by atomic mass is 10.0. The Morgan fingerprint density at radius 2 is 2.04 bits per heavy atom. The molecule has 3 rings (SSSR count). The Morgan fingerprint density at radius 1 is 1.32 bits per heavy atom. The lowest BCUT2D eigenvalue weighted by molar-refractivity contribution is -0.143. The SMILES string of the molecule is Cc1nnc2n1CC(C(=O)O)N(C(=O)c1ccc(C(C)C)c(Cl)c1)C2. The van der Waals surface area contributed by atoms with Gasteiger partial charge in [-0.3, -0.25) is 4.79 Å². The number of carbonyl (C=O) groups is 2. The van der Waals surface area contributed by atoms with Crippen molar-refractivity contribution >= 4 is 23.5 Å². The number of hydrogen-bond acceptors (Lipinski definition) is 4. The third-order valence-corrected chi connectivity index (χ3v) is 4.80. The third kappa shape index (κ3) is 3.11. The van der Waals surface area contributed by atoms with E-state index in [1.807, 2.05) is 19.9 Å². The van der Waals surface area contributed by atoms with Gasteiger partial charge in [-0.15, -0.1) is 10.2 Å². The lowest BCUT2D eigenvalue weighted by Crippen LogP contribution is -2.50. The highest BCUT2D eigenvalue weighted by Crippen LogP contribution is 2.27. The molecule has 132 valence electrons. The Bertz CT molecular complexity index is 846. The van der Waals surface area contributed by atoms with Crippen LogP contribution in [0.3, 0.4) is 0 Å². The molecule has 7 nitrogen and oxygen atoms in total. The number of carbonyl (C=O) groups excluding carboxylic acids is 1. The van der Waals surface area contributed by atoms with Crippen LogP contribution in [0.4, 0.5) is 0 Å². The summed E-state index contributed by atoms with van der Waals surface area (Å²) in [5.41, 5.74) is 1.31. The maximum Gasteiger partial charge on any atom is 0.328 e. The van der Waals surface area contributed by atoms with Crippen LogP contribution in [0, 0.1) is 6.92 Å². The molecule has 1 aliphatic heterocycles. The summed E-state index contributed by atoms with van der Waals surface area (Å²) >= 11 is 6.28. The van der Waals surface area contributed by atoms with Gasteiger partial charge in [-0.2, -0.15) is 0 Å². The first kappa shape index (κ1) is 17.4. The minimum absolute atomic E-state index is 0.0974. The zero-order chi connectivity index (χ0) is 18.3. The predicted molar refractivity (Wildman–Crippen MR) is 91.6 cm³/mol. The molecule has 1 atom stereocenters. The van der Waals surface area contributed by atoms with Crippen molar-refractivity contribution in [2.75, 3.05) is 0 Å². The van der Waals surface area contributed by atoms with Crippen molar-refractivity contribution in [3.05, 3.63) is 46.0 Å². The first-order valence-corrected chi connectivity index (χ1v) is 8.39. The number of carboxylic acid groups (broad SMARTS) is 1. The van der Waals surface area contributed by atoms with Gasteiger partial charge in [0.15, 0.2) is 5.82 Å². The fraction of sp³-hybridized carbons (Fsp3) is 0.412. The zero-order valence-electron chi connectivity index (χ0n) is 14.2. The number of aryl methyl sites for hydroxylation is 1. The van der Waals surface area contributed by atoms with Gasteiger partial charge in [0, 0.05) is 10.6 Å². The van der Waals surface area contributed by atoms with Crippen LogP contribution in [0.2, 0.25) is 5.02 Å². The van der Waals surface area contributed by atoms with Gasteiger partial charge in [0.05, 0.1) is 13.1 Å². The number of fused-ring (bicyclic) bond motifs is 1. The lowest BCUT2D eigenvalue weighted by Gasteiger charge is -2.33. The van der Waals surface area contributed by atoms with Crippen LogP contribution in [-0.2, 0) is 17.9 Å². The Hall–Kier alpha value is -2.41. The summed E-state index contributed by atoms with van der Waals surface area (Å²) in [6.07, 6.45) is 0. The van der Waals surface area contributed by atoms with Crippen LogP contribution in [-0.4, -0.2) is 42.7 Å². The molecule has 8 heteroatoms. The molecule has 25 heavy (non-hydrogen) atoms. The summed E-state index contributed by atoms with van der Waals surface area (Å²) in [6.45, 7) is 6.02. The van der Waals surface area contributed by atoms with E-state index < -0.39 is 12.0 Å².